The lowest BCUT2D eigenvalue weighted by Crippen LogP contribution is -2.19. The number of ether oxygens (including phenoxy) is 1. The van der Waals surface area contributed by atoms with Crippen LogP contribution in [0.4, 0.5) is 10.8 Å². The van der Waals surface area contributed by atoms with E-state index >= 15 is 0 Å². The Kier molecular flexibility index (Phi) is 8.10. The summed E-state index contributed by atoms with van der Waals surface area (Å²) in [5.74, 6) is 1.03. The van der Waals surface area contributed by atoms with Crippen molar-refractivity contribution in [1.29, 1.82) is 0 Å². The molecule has 3 rings (SSSR count). The lowest BCUT2D eigenvalue weighted by molar-refractivity contribution is -0.115. The summed E-state index contributed by atoms with van der Waals surface area (Å²) < 4.78 is 6.38. The van der Waals surface area contributed by atoms with Crippen molar-refractivity contribution in [2.75, 3.05) is 23.8 Å². The number of rotatable bonds is 10. The van der Waals surface area contributed by atoms with Crippen LogP contribution in [0.1, 0.15) is 31.6 Å². The molecule has 30 heavy (non-hydrogen) atoms. The molecule has 0 aliphatic heterocycles. The Morgan fingerprint density at radius 2 is 1.83 bits per heavy atom. The molecule has 3 aromatic rings. The van der Waals surface area contributed by atoms with Gasteiger partial charge < -0.3 is 15.4 Å². The number of carbonyl (C=O) groups excluding carboxylic acids is 1. The highest BCUT2D eigenvalue weighted by Crippen LogP contribution is 2.39. The van der Waals surface area contributed by atoms with Gasteiger partial charge >= 0.3 is 0 Å². The Morgan fingerprint density at radius 1 is 1.10 bits per heavy atom. The van der Waals surface area contributed by atoms with E-state index in [2.05, 4.69) is 34.7 Å². The molecule has 0 fully saturated rings. The zero-order chi connectivity index (χ0) is 21.3. The van der Waals surface area contributed by atoms with Gasteiger partial charge in [-0.15, -0.1) is 10.2 Å². The van der Waals surface area contributed by atoms with Crippen molar-refractivity contribution in [2.24, 2.45) is 5.92 Å². The fourth-order valence-electron chi connectivity index (χ4n) is 2.67. The van der Waals surface area contributed by atoms with Gasteiger partial charge in [0.2, 0.25) is 11.0 Å². The van der Waals surface area contributed by atoms with Crippen LogP contribution in [-0.2, 0) is 4.79 Å². The van der Waals surface area contributed by atoms with Crippen LogP contribution in [0, 0.1) is 5.92 Å². The predicted octanol–water partition coefficient (Wildman–Crippen LogP) is 5.48. The molecule has 0 saturated carbocycles. The second-order valence-corrected chi connectivity index (χ2v) is 9.30. The van der Waals surface area contributed by atoms with Crippen LogP contribution in [0.5, 0.6) is 5.75 Å². The van der Waals surface area contributed by atoms with E-state index in [0.717, 1.165) is 21.6 Å². The molecule has 2 N–H and O–H groups in total. The van der Waals surface area contributed by atoms with Gasteiger partial charge in [0, 0.05) is 6.54 Å². The van der Waals surface area contributed by atoms with Crippen molar-refractivity contribution in [3.63, 3.8) is 0 Å². The minimum Gasteiger partial charge on any atom is -0.492 e. The molecule has 1 atom stereocenters. The Labute approximate surface area is 185 Å². The number of carbonyl (C=O) groups is 1. The summed E-state index contributed by atoms with van der Waals surface area (Å²) in [6, 6.07) is 17.1. The maximum absolute atomic E-state index is 13.2. The molecule has 6 nitrogen and oxygen atoms in total. The summed E-state index contributed by atoms with van der Waals surface area (Å²) in [6.07, 6.45) is 0. The number of hydrogen-bond donors (Lipinski definition) is 2. The van der Waals surface area contributed by atoms with Crippen LogP contribution >= 0.6 is 23.1 Å². The largest absolute Gasteiger partial charge is 0.492 e. The van der Waals surface area contributed by atoms with E-state index in [1.807, 2.05) is 61.5 Å². The average Bonchev–Trinajstić information content (AvgIpc) is 3.20. The van der Waals surface area contributed by atoms with E-state index in [1.54, 1.807) is 0 Å². The van der Waals surface area contributed by atoms with E-state index < -0.39 is 5.25 Å². The molecule has 158 valence electrons. The first kappa shape index (κ1) is 22.1. The topological polar surface area (TPSA) is 76.1 Å². The minimum absolute atomic E-state index is 0.134. The molecule has 1 heterocycles. The van der Waals surface area contributed by atoms with Gasteiger partial charge in [-0.05, 0) is 30.5 Å². The molecule has 1 aromatic heterocycles. The van der Waals surface area contributed by atoms with E-state index in [0.29, 0.717) is 24.0 Å². The van der Waals surface area contributed by atoms with Crippen LogP contribution in [0.3, 0.4) is 0 Å². The van der Waals surface area contributed by atoms with E-state index in [4.69, 9.17) is 4.74 Å². The van der Waals surface area contributed by atoms with Crippen LogP contribution in [0.25, 0.3) is 0 Å². The van der Waals surface area contributed by atoms with Crippen LogP contribution in [0.2, 0.25) is 0 Å². The fraction of sp³-hybridized carbons (Fsp3) is 0.318. The number of benzene rings is 2. The summed E-state index contributed by atoms with van der Waals surface area (Å²) in [4.78, 5) is 13.2. The number of para-hydroxylation sites is 2. The maximum Gasteiger partial charge on any atom is 0.242 e. The summed E-state index contributed by atoms with van der Waals surface area (Å²) in [5, 5.41) is 15.1. The van der Waals surface area contributed by atoms with E-state index in [9.17, 15) is 4.79 Å². The van der Waals surface area contributed by atoms with Gasteiger partial charge in [0.1, 0.15) is 11.0 Å². The van der Waals surface area contributed by atoms with Crippen LogP contribution in [0.15, 0.2) is 58.9 Å². The third kappa shape index (κ3) is 6.21. The molecule has 0 saturated heterocycles. The normalized spacial score (nSPS) is 11.9. The highest BCUT2D eigenvalue weighted by Gasteiger charge is 2.25. The molecule has 0 spiro atoms. The number of anilines is 2. The van der Waals surface area contributed by atoms with Crippen molar-refractivity contribution < 1.29 is 9.53 Å². The Balaban J connectivity index is 1.79. The minimum atomic E-state index is -0.466. The SMILES string of the molecule is CCOc1ccccc1NC(=O)C(Sc1nnc(NCC(C)C)s1)c1ccccc1. The van der Waals surface area contributed by atoms with Gasteiger partial charge in [-0.25, -0.2) is 0 Å². The van der Waals surface area contributed by atoms with Gasteiger partial charge in [0.25, 0.3) is 0 Å². The number of hydrogen-bond acceptors (Lipinski definition) is 7. The first-order chi connectivity index (χ1) is 14.6. The Hall–Kier alpha value is -2.58. The first-order valence-electron chi connectivity index (χ1n) is 9.88. The van der Waals surface area contributed by atoms with Crippen molar-refractivity contribution in [1.82, 2.24) is 10.2 Å². The molecule has 0 aliphatic rings. The number of thioether (sulfide) groups is 1. The lowest BCUT2D eigenvalue weighted by atomic mass is 10.1. The molecule has 8 heteroatoms. The number of nitrogens with zero attached hydrogens (tertiary/aromatic N) is 2. The van der Waals surface area contributed by atoms with E-state index in [1.165, 1.54) is 23.1 Å². The summed E-state index contributed by atoms with van der Waals surface area (Å²) >= 11 is 2.85. The number of amides is 1. The fourth-order valence-corrected chi connectivity index (χ4v) is 4.62. The van der Waals surface area contributed by atoms with Crippen LogP contribution in [-0.4, -0.2) is 29.3 Å². The quantitative estimate of drug-likeness (QED) is 0.405. The standard InChI is InChI=1S/C22H26N4O2S2/c1-4-28-18-13-9-8-12-17(18)24-20(27)19(16-10-6-5-7-11-16)29-22-26-25-21(30-22)23-14-15(2)3/h5-13,15,19H,4,14H2,1-3H3,(H,23,25)(H,24,27). The molecule has 1 amide bonds. The molecular formula is C22H26N4O2S2. The molecular weight excluding hydrogens is 416 g/mol. The number of nitrogens with one attached hydrogen (secondary N) is 2. The third-order valence-electron chi connectivity index (χ3n) is 4.07. The number of aromatic nitrogens is 2. The van der Waals surface area contributed by atoms with Gasteiger partial charge in [-0.1, -0.05) is 79.4 Å². The van der Waals surface area contributed by atoms with Crippen molar-refractivity contribution in [3.8, 4) is 5.75 Å². The molecule has 0 radical (unpaired) electrons. The van der Waals surface area contributed by atoms with Crippen molar-refractivity contribution >= 4 is 39.8 Å². The van der Waals surface area contributed by atoms with Crippen molar-refractivity contribution in [3.05, 3.63) is 60.2 Å². The zero-order valence-corrected chi connectivity index (χ0v) is 18.9. The average molecular weight is 443 g/mol. The zero-order valence-electron chi connectivity index (χ0n) is 17.3. The molecule has 2 aromatic carbocycles. The molecule has 0 bridgehead atoms. The smallest absolute Gasteiger partial charge is 0.242 e. The summed E-state index contributed by atoms with van der Waals surface area (Å²) in [5.41, 5.74) is 1.56. The van der Waals surface area contributed by atoms with Gasteiger partial charge in [0.15, 0.2) is 4.34 Å². The van der Waals surface area contributed by atoms with Gasteiger partial charge in [-0.3, -0.25) is 4.79 Å². The maximum atomic E-state index is 13.2. The highest BCUT2D eigenvalue weighted by molar-refractivity contribution is 8.02. The lowest BCUT2D eigenvalue weighted by Gasteiger charge is -2.17. The second kappa shape index (κ2) is 11.0. The Bertz CT molecular complexity index is 947. The monoisotopic (exact) mass is 442 g/mol. The third-order valence-corrected chi connectivity index (χ3v) is 6.29. The van der Waals surface area contributed by atoms with Gasteiger partial charge in [0.05, 0.1) is 12.3 Å². The molecule has 1 unspecified atom stereocenters. The van der Waals surface area contributed by atoms with Gasteiger partial charge in [-0.2, -0.15) is 0 Å². The van der Waals surface area contributed by atoms with Crippen LogP contribution < -0.4 is 15.4 Å². The highest BCUT2D eigenvalue weighted by atomic mass is 32.2. The molecule has 0 aliphatic carbocycles. The summed E-state index contributed by atoms with van der Waals surface area (Å²) in [6.45, 7) is 7.55. The second-order valence-electron chi connectivity index (χ2n) is 6.97. The van der Waals surface area contributed by atoms with Crippen molar-refractivity contribution in [2.45, 2.75) is 30.4 Å². The first-order valence-corrected chi connectivity index (χ1v) is 11.6. The Morgan fingerprint density at radius 3 is 2.57 bits per heavy atom. The summed E-state index contributed by atoms with van der Waals surface area (Å²) in [7, 11) is 0. The van der Waals surface area contributed by atoms with E-state index in [-0.39, 0.29) is 5.91 Å². The predicted molar refractivity (Wildman–Crippen MR) is 125 cm³/mol.